The predicted octanol–water partition coefficient (Wildman–Crippen LogP) is 0.252. The lowest BCUT2D eigenvalue weighted by atomic mass is 9.93. The van der Waals surface area contributed by atoms with Crippen LogP contribution in [-0.4, -0.2) is 25.2 Å². The number of carbonyl (C=O) groups excluding carboxylic acids is 2. The first-order valence-electron chi connectivity index (χ1n) is 4.41. The first-order chi connectivity index (χ1) is 6.70. The number of nitriles is 1. The highest BCUT2D eigenvalue weighted by molar-refractivity contribution is 5.96. The minimum atomic E-state index is -0.908. The Morgan fingerprint density at radius 3 is 3.07 bits per heavy atom. The topological polar surface area (TPSA) is 76.4 Å². The van der Waals surface area contributed by atoms with Crippen LogP contribution in [0.2, 0.25) is 0 Å². The highest BCUT2D eigenvalue weighted by Gasteiger charge is 2.43. The molecule has 1 aliphatic rings. The molecular weight excluding hydrogens is 186 g/mol. The summed E-state index contributed by atoms with van der Waals surface area (Å²) in [7, 11) is 0. The summed E-state index contributed by atoms with van der Waals surface area (Å²) in [6.07, 6.45) is 0.134. The molecule has 76 valence electrons. The van der Waals surface area contributed by atoms with E-state index in [2.05, 4.69) is 0 Å². The quantitative estimate of drug-likeness (QED) is 0.479. The summed E-state index contributed by atoms with van der Waals surface area (Å²) in [5, 5.41) is 8.47. The number of hydrogen-bond donors (Lipinski definition) is 0. The zero-order valence-corrected chi connectivity index (χ0v) is 7.86. The summed E-state index contributed by atoms with van der Waals surface area (Å²) in [5.41, 5.74) is 0. The molecule has 0 spiro atoms. The molecule has 1 heterocycles. The van der Waals surface area contributed by atoms with Crippen molar-refractivity contribution in [3.63, 3.8) is 0 Å². The van der Waals surface area contributed by atoms with E-state index in [9.17, 15) is 9.59 Å². The van der Waals surface area contributed by atoms with Gasteiger partial charge in [0, 0.05) is 12.3 Å². The third-order valence-corrected chi connectivity index (χ3v) is 2.06. The monoisotopic (exact) mass is 197 g/mol. The Kier molecular flexibility index (Phi) is 3.46. The van der Waals surface area contributed by atoms with E-state index in [-0.39, 0.29) is 25.6 Å². The molecule has 5 heteroatoms. The molecule has 0 aliphatic carbocycles. The second-order valence-electron chi connectivity index (χ2n) is 2.98. The second kappa shape index (κ2) is 4.61. The molecule has 0 amide bonds. The number of ether oxygens (including phenoxy) is 2. The summed E-state index contributed by atoms with van der Waals surface area (Å²) in [6.45, 7) is 2.02. The second-order valence-corrected chi connectivity index (χ2v) is 2.98. The molecule has 0 radical (unpaired) electrons. The van der Waals surface area contributed by atoms with E-state index >= 15 is 0 Å². The molecule has 1 rings (SSSR count). The van der Waals surface area contributed by atoms with Gasteiger partial charge in [0.25, 0.3) is 0 Å². The van der Waals surface area contributed by atoms with Crippen LogP contribution in [0.15, 0.2) is 0 Å². The van der Waals surface area contributed by atoms with Crippen molar-refractivity contribution in [1.29, 1.82) is 5.26 Å². The lowest BCUT2D eigenvalue weighted by Crippen LogP contribution is -2.27. The van der Waals surface area contributed by atoms with Crippen LogP contribution in [-0.2, 0) is 19.1 Å². The standard InChI is InChI=1S/C9H11NO4/c1-2-13-8(11)7-6(3-4-10)5-14-9(7)12/h6-7H,2-3,5H2,1H3/t6-,7?/m0/s1. The SMILES string of the molecule is CCOC(=O)C1C(=O)OC[C@@H]1CC#N. The van der Waals surface area contributed by atoms with Gasteiger partial charge >= 0.3 is 11.9 Å². The molecule has 2 atom stereocenters. The molecule has 0 bridgehead atoms. The average Bonchev–Trinajstić information content (AvgIpc) is 2.48. The van der Waals surface area contributed by atoms with E-state index in [0.29, 0.717) is 0 Å². The van der Waals surface area contributed by atoms with Gasteiger partial charge in [-0.2, -0.15) is 5.26 Å². The highest BCUT2D eigenvalue weighted by atomic mass is 16.6. The summed E-state index contributed by atoms with van der Waals surface area (Å²) in [4.78, 5) is 22.5. The molecule has 1 unspecified atom stereocenters. The first-order valence-corrected chi connectivity index (χ1v) is 4.41. The third kappa shape index (κ3) is 2.02. The van der Waals surface area contributed by atoms with Gasteiger partial charge in [0.05, 0.1) is 19.3 Å². The van der Waals surface area contributed by atoms with Crippen LogP contribution in [0, 0.1) is 23.2 Å². The van der Waals surface area contributed by atoms with Gasteiger partial charge in [0.1, 0.15) is 0 Å². The van der Waals surface area contributed by atoms with Crippen LogP contribution in [0.5, 0.6) is 0 Å². The van der Waals surface area contributed by atoms with E-state index in [1.54, 1.807) is 6.92 Å². The lowest BCUT2D eigenvalue weighted by molar-refractivity contribution is -0.156. The Bertz CT molecular complexity index is 281. The van der Waals surface area contributed by atoms with Crippen LogP contribution in [0.1, 0.15) is 13.3 Å². The lowest BCUT2D eigenvalue weighted by Gasteiger charge is -2.09. The van der Waals surface area contributed by atoms with Crippen molar-refractivity contribution >= 4 is 11.9 Å². The van der Waals surface area contributed by atoms with E-state index in [0.717, 1.165) is 0 Å². The maximum atomic E-state index is 11.3. The van der Waals surface area contributed by atoms with Crippen molar-refractivity contribution in [2.45, 2.75) is 13.3 Å². The molecule has 1 saturated heterocycles. The van der Waals surface area contributed by atoms with Crippen LogP contribution in [0.3, 0.4) is 0 Å². The zero-order valence-electron chi connectivity index (χ0n) is 7.86. The van der Waals surface area contributed by atoms with Crippen LogP contribution in [0.25, 0.3) is 0 Å². The van der Waals surface area contributed by atoms with Crippen molar-refractivity contribution in [2.75, 3.05) is 13.2 Å². The van der Waals surface area contributed by atoms with Crippen molar-refractivity contribution in [3.8, 4) is 6.07 Å². The van der Waals surface area contributed by atoms with Crippen molar-refractivity contribution in [3.05, 3.63) is 0 Å². The Balaban J connectivity index is 2.67. The van der Waals surface area contributed by atoms with Gasteiger partial charge in [-0.15, -0.1) is 0 Å². The number of hydrogen-bond acceptors (Lipinski definition) is 5. The maximum Gasteiger partial charge on any atom is 0.320 e. The van der Waals surface area contributed by atoms with Crippen molar-refractivity contribution in [1.82, 2.24) is 0 Å². The molecule has 1 aliphatic heterocycles. The van der Waals surface area contributed by atoms with E-state index in [1.165, 1.54) is 0 Å². The molecule has 0 aromatic heterocycles. The smallest absolute Gasteiger partial charge is 0.320 e. The van der Waals surface area contributed by atoms with E-state index < -0.39 is 17.9 Å². The molecule has 0 aromatic rings. The Morgan fingerprint density at radius 1 is 1.79 bits per heavy atom. The van der Waals surface area contributed by atoms with E-state index in [4.69, 9.17) is 14.7 Å². The number of cyclic esters (lactones) is 1. The number of nitrogens with zero attached hydrogens (tertiary/aromatic N) is 1. The summed E-state index contributed by atoms with van der Waals surface area (Å²) in [5.74, 6) is -2.43. The van der Waals surface area contributed by atoms with E-state index in [1.807, 2.05) is 6.07 Å². The van der Waals surface area contributed by atoms with Gasteiger partial charge in [0.15, 0.2) is 5.92 Å². The molecule has 0 N–H and O–H groups in total. The molecular formula is C9H11NO4. The molecule has 0 aromatic carbocycles. The maximum absolute atomic E-state index is 11.3. The van der Waals surface area contributed by atoms with Gasteiger partial charge in [-0.1, -0.05) is 0 Å². The molecule has 5 nitrogen and oxygen atoms in total. The Labute approximate surface area is 81.6 Å². The van der Waals surface area contributed by atoms with Gasteiger partial charge in [-0.05, 0) is 6.92 Å². The summed E-state index contributed by atoms with van der Waals surface area (Å²) < 4.78 is 9.43. The number of carbonyl (C=O) groups is 2. The van der Waals surface area contributed by atoms with Crippen LogP contribution < -0.4 is 0 Å². The Hall–Kier alpha value is -1.57. The third-order valence-electron chi connectivity index (χ3n) is 2.06. The number of esters is 2. The van der Waals surface area contributed by atoms with Crippen molar-refractivity contribution < 1.29 is 19.1 Å². The molecule has 14 heavy (non-hydrogen) atoms. The largest absolute Gasteiger partial charge is 0.465 e. The fourth-order valence-corrected chi connectivity index (χ4v) is 1.38. The number of rotatable bonds is 3. The fourth-order valence-electron chi connectivity index (χ4n) is 1.38. The van der Waals surface area contributed by atoms with Crippen LogP contribution >= 0.6 is 0 Å². The molecule has 0 saturated carbocycles. The Morgan fingerprint density at radius 2 is 2.50 bits per heavy atom. The first kappa shape index (κ1) is 10.5. The van der Waals surface area contributed by atoms with Gasteiger partial charge in [-0.25, -0.2) is 0 Å². The fraction of sp³-hybridized carbons (Fsp3) is 0.667. The zero-order chi connectivity index (χ0) is 10.6. The predicted molar refractivity (Wildman–Crippen MR) is 44.8 cm³/mol. The summed E-state index contributed by atoms with van der Waals surface area (Å²) in [6, 6.07) is 1.92. The minimum Gasteiger partial charge on any atom is -0.465 e. The van der Waals surface area contributed by atoms with Crippen LogP contribution in [0.4, 0.5) is 0 Å². The normalized spacial score (nSPS) is 25.3. The minimum absolute atomic E-state index is 0.134. The highest BCUT2D eigenvalue weighted by Crippen LogP contribution is 2.25. The average molecular weight is 197 g/mol. The van der Waals surface area contributed by atoms with Gasteiger partial charge in [-0.3, -0.25) is 9.59 Å². The van der Waals surface area contributed by atoms with Crippen molar-refractivity contribution in [2.24, 2.45) is 11.8 Å². The van der Waals surface area contributed by atoms with Gasteiger partial charge < -0.3 is 9.47 Å². The molecule has 1 fully saturated rings. The summed E-state index contributed by atoms with van der Waals surface area (Å²) >= 11 is 0. The van der Waals surface area contributed by atoms with Gasteiger partial charge in [0.2, 0.25) is 0 Å².